The summed E-state index contributed by atoms with van der Waals surface area (Å²) in [7, 11) is -3.15. The highest BCUT2D eigenvalue weighted by Crippen LogP contribution is 2.14. The maximum Gasteiger partial charge on any atom is 0.154 e. The molecule has 1 aliphatic heterocycles. The summed E-state index contributed by atoms with van der Waals surface area (Å²) in [6.07, 6.45) is 1.92. The van der Waals surface area contributed by atoms with E-state index in [1.165, 1.54) is 0 Å². The number of aliphatic hydroxyl groups excluding tert-OH is 1. The summed E-state index contributed by atoms with van der Waals surface area (Å²) in [6.45, 7) is 0.583. The summed E-state index contributed by atoms with van der Waals surface area (Å²) >= 11 is 0. The lowest BCUT2D eigenvalue weighted by atomic mass is 10.3. The minimum absolute atomic E-state index is 0.0616. The predicted molar refractivity (Wildman–Crippen MR) is 57.3 cm³/mol. The molecule has 0 aromatic heterocycles. The van der Waals surface area contributed by atoms with Crippen LogP contribution in [0.4, 0.5) is 0 Å². The molecule has 90 valence electrons. The second-order valence-corrected chi connectivity index (χ2v) is 6.14. The molecule has 0 saturated carbocycles. The number of nitrogens with two attached hydrogens (primary N) is 1. The van der Waals surface area contributed by atoms with E-state index in [2.05, 4.69) is 0 Å². The van der Waals surface area contributed by atoms with Crippen molar-refractivity contribution >= 4 is 9.84 Å². The van der Waals surface area contributed by atoms with Crippen LogP contribution < -0.4 is 5.73 Å². The van der Waals surface area contributed by atoms with E-state index in [9.17, 15) is 8.42 Å². The minimum atomic E-state index is -3.15. The van der Waals surface area contributed by atoms with Crippen molar-refractivity contribution in [2.45, 2.75) is 31.4 Å². The molecule has 1 aliphatic rings. The summed E-state index contributed by atoms with van der Waals surface area (Å²) in [5.41, 5.74) is 5.56. The Kier molecular flexibility index (Phi) is 4.98. The van der Waals surface area contributed by atoms with Crippen molar-refractivity contribution in [1.29, 1.82) is 0 Å². The third-order valence-electron chi connectivity index (χ3n) is 2.43. The zero-order valence-corrected chi connectivity index (χ0v) is 9.58. The molecule has 2 unspecified atom stereocenters. The Morgan fingerprint density at radius 2 is 2.27 bits per heavy atom. The van der Waals surface area contributed by atoms with Crippen molar-refractivity contribution < 1.29 is 18.3 Å². The predicted octanol–water partition coefficient (Wildman–Crippen LogP) is -0.710. The second kappa shape index (κ2) is 5.79. The molecule has 0 aliphatic carbocycles. The lowest BCUT2D eigenvalue weighted by molar-refractivity contribution is 0.127. The first-order chi connectivity index (χ1) is 7.03. The summed E-state index contributed by atoms with van der Waals surface area (Å²) in [4.78, 5) is 0. The molecule has 1 heterocycles. The van der Waals surface area contributed by atoms with Gasteiger partial charge in [-0.1, -0.05) is 0 Å². The van der Waals surface area contributed by atoms with Gasteiger partial charge in [0.25, 0.3) is 0 Å². The Labute approximate surface area is 90.5 Å². The van der Waals surface area contributed by atoms with Crippen molar-refractivity contribution in [2.24, 2.45) is 5.73 Å². The molecule has 1 fully saturated rings. The second-order valence-electron chi connectivity index (χ2n) is 3.98. The van der Waals surface area contributed by atoms with Crippen LogP contribution in [0.25, 0.3) is 0 Å². The van der Waals surface area contributed by atoms with Gasteiger partial charge in [-0.25, -0.2) is 8.42 Å². The van der Waals surface area contributed by atoms with Crippen molar-refractivity contribution in [3.05, 3.63) is 0 Å². The van der Waals surface area contributed by atoms with Gasteiger partial charge in [-0.2, -0.15) is 0 Å². The van der Waals surface area contributed by atoms with Crippen LogP contribution in [0, 0.1) is 0 Å². The highest BCUT2D eigenvalue weighted by atomic mass is 32.2. The van der Waals surface area contributed by atoms with E-state index in [0.717, 1.165) is 12.8 Å². The van der Waals surface area contributed by atoms with Crippen LogP contribution in [-0.4, -0.2) is 50.4 Å². The fourth-order valence-electron chi connectivity index (χ4n) is 1.70. The number of ether oxygens (including phenoxy) is 1. The number of aliphatic hydroxyl groups is 1. The average Bonchev–Trinajstić information content (AvgIpc) is 2.54. The molecule has 0 spiro atoms. The number of sulfone groups is 1. The maximum atomic E-state index is 11.6. The zero-order chi connectivity index (χ0) is 11.3. The van der Waals surface area contributed by atoms with E-state index < -0.39 is 15.9 Å². The lowest BCUT2D eigenvalue weighted by Crippen LogP contribution is -2.34. The Morgan fingerprint density at radius 3 is 2.80 bits per heavy atom. The normalized spacial score (nSPS) is 24.3. The smallest absolute Gasteiger partial charge is 0.154 e. The summed E-state index contributed by atoms with van der Waals surface area (Å²) in [5, 5.41) is 8.62. The molecule has 0 bridgehead atoms. The molecule has 15 heavy (non-hydrogen) atoms. The Bertz CT molecular complexity index is 272. The molecular formula is C9H19NO4S. The number of hydrogen-bond donors (Lipinski definition) is 2. The van der Waals surface area contributed by atoms with Crippen LogP contribution in [0.15, 0.2) is 0 Å². The van der Waals surface area contributed by atoms with Gasteiger partial charge in [-0.05, 0) is 19.3 Å². The lowest BCUT2D eigenvalue weighted by Gasteiger charge is -2.13. The molecule has 2 atom stereocenters. The van der Waals surface area contributed by atoms with E-state index >= 15 is 0 Å². The van der Waals surface area contributed by atoms with Gasteiger partial charge in [-0.3, -0.25) is 0 Å². The van der Waals surface area contributed by atoms with Crippen molar-refractivity contribution in [2.75, 3.05) is 24.7 Å². The SMILES string of the molecule is NC(CCO)CS(=O)(=O)CC1CCCO1. The summed E-state index contributed by atoms with van der Waals surface area (Å²) < 4.78 is 28.5. The van der Waals surface area contributed by atoms with E-state index in [4.69, 9.17) is 15.6 Å². The monoisotopic (exact) mass is 237 g/mol. The average molecular weight is 237 g/mol. The quantitative estimate of drug-likeness (QED) is 0.637. The first-order valence-electron chi connectivity index (χ1n) is 5.22. The van der Waals surface area contributed by atoms with Gasteiger partial charge in [0.05, 0.1) is 17.6 Å². The number of hydrogen-bond acceptors (Lipinski definition) is 5. The van der Waals surface area contributed by atoms with Crippen LogP contribution in [0.1, 0.15) is 19.3 Å². The highest BCUT2D eigenvalue weighted by Gasteiger charge is 2.24. The van der Waals surface area contributed by atoms with Crippen LogP contribution in [-0.2, 0) is 14.6 Å². The maximum absolute atomic E-state index is 11.6. The van der Waals surface area contributed by atoms with Gasteiger partial charge >= 0.3 is 0 Å². The molecule has 0 aromatic rings. The van der Waals surface area contributed by atoms with Crippen LogP contribution in [0.5, 0.6) is 0 Å². The summed E-state index contributed by atoms with van der Waals surface area (Å²) in [6, 6.07) is -0.471. The fraction of sp³-hybridized carbons (Fsp3) is 1.00. The molecule has 0 aromatic carbocycles. The van der Waals surface area contributed by atoms with Gasteiger partial charge < -0.3 is 15.6 Å². The van der Waals surface area contributed by atoms with E-state index in [0.29, 0.717) is 13.0 Å². The van der Waals surface area contributed by atoms with E-state index in [1.807, 2.05) is 0 Å². The molecule has 1 rings (SSSR count). The zero-order valence-electron chi connectivity index (χ0n) is 8.76. The van der Waals surface area contributed by atoms with E-state index in [1.54, 1.807) is 0 Å². The van der Waals surface area contributed by atoms with Gasteiger partial charge in [0, 0.05) is 19.3 Å². The standard InChI is InChI=1S/C9H19NO4S/c10-8(3-4-11)6-15(12,13)7-9-2-1-5-14-9/h8-9,11H,1-7,10H2. The van der Waals surface area contributed by atoms with Crippen molar-refractivity contribution in [1.82, 2.24) is 0 Å². The molecule has 6 heteroatoms. The van der Waals surface area contributed by atoms with E-state index in [-0.39, 0.29) is 24.2 Å². The largest absolute Gasteiger partial charge is 0.396 e. The minimum Gasteiger partial charge on any atom is -0.396 e. The third kappa shape index (κ3) is 4.92. The topological polar surface area (TPSA) is 89.6 Å². The van der Waals surface area contributed by atoms with Gasteiger partial charge in [-0.15, -0.1) is 0 Å². The highest BCUT2D eigenvalue weighted by molar-refractivity contribution is 7.91. The Hall–Kier alpha value is -0.170. The molecular weight excluding hydrogens is 218 g/mol. The Morgan fingerprint density at radius 1 is 1.53 bits per heavy atom. The van der Waals surface area contributed by atoms with Gasteiger partial charge in [0.1, 0.15) is 0 Å². The van der Waals surface area contributed by atoms with Crippen LogP contribution >= 0.6 is 0 Å². The van der Waals surface area contributed by atoms with Gasteiger partial charge in [0.2, 0.25) is 0 Å². The first kappa shape index (κ1) is 12.9. The number of rotatable bonds is 6. The molecule has 3 N–H and O–H groups in total. The fourth-order valence-corrected chi connectivity index (χ4v) is 3.49. The molecule has 1 saturated heterocycles. The van der Waals surface area contributed by atoms with Crippen molar-refractivity contribution in [3.63, 3.8) is 0 Å². The Balaban J connectivity index is 2.37. The molecule has 0 radical (unpaired) electrons. The van der Waals surface area contributed by atoms with Crippen LogP contribution in [0.3, 0.4) is 0 Å². The van der Waals surface area contributed by atoms with Gasteiger partial charge in [0.15, 0.2) is 9.84 Å². The van der Waals surface area contributed by atoms with Crippen molar-refractivity contribution in [3.8, 4) is 0 Å². The third-order valence-corrected chi connectivity index (χ3v) is 4.25. The summed E-state index contributed by atoms with van der Waals surface area (Å²) in [5.74, 6) is -0.000448. The first-order valence-corrected chi connectivity index (χ1v) is 7.04. The van der Waals surface area contributed by atoms with Crippen LogP contribution in [0.2, 0.25) is 0 Å². The molecule has 0 amide bonds. The molecule has 5 nitrogen and oxygen atoms in total.